The second-order valence-electron chi connectivity index (χ2n) is 6.78. The van der Waals surface area contributed by atoms with Gasteiger partial charge in [0.05, 0.1) is 6.61 Å². The molecule has 1 N–H and O–H groups in total. The molecule has 2 heterocycles. The molecule has 1 aliphatic heterocycles. The van der Waals surface area contributed by atoms with E-state index in [1.165, 1.54) is 0 Å². The molecule has 1 aliphatic rings. The Bertz CT molecular complexity index is 793. The number of anilines is 1. The van der Waals surface area contributed by atoms with Crippen LogP contribution in [-0.4, -0.2) is 49.0 Å². The summed E-state index contributed by atoms with van der Waals surface area (Å²) in [4.78, 5) is 18.7. The number of para-hydroxylation sites is 1. The largest absolute Gasteiger partial charge is 0.491 e. The van der Waals surface area contributed by atoms with Gasteiger partial charge in [-0.2, -0.15) is 0 Å². The third-order valence-corrected chi connectivity index (χ3v) is 4.82. The lowest BCUT2D eigenvalue weighted by Crippen LogP contribution is -2.47. The molecule has 0 aliphatic carbocycles. The second-order valence-corrected chi connectivity index (χ2v) is 6.78. The van der Waals surface area contributed by atoms with Crippen molar-refractivity contribution in [2.24, 2.45) is 7.05 Å². The highest BCUT2D eigenvalue weighted by Crippen LogP contribution is 2.19. The Kier molecular flexibility index (Phi) is 6.84. The van der Waals surface area contributed by atoms with Gasteiger partial charge in [0.2, 0.25) is 0 Å². The third-order valence-electron chi connectivity index (χ3n) is 4.82. The van der Waals surface area contributed by atoms with Gasteiger partial charge in [0.25, 0.3) is 5.56 Å². The molecule has 0 saturated carbocycles. The molecule has 1 aromatic heterocycles. The van der Waals surface area contributed by atoms with Crippen molar-refractivity contribution in [3.63, 3.8) is 0 Å². The number of rotatable bonds is 8. The lowest BCUT2D eigenvalue weighted by Gasteiger charge is -2.33. The van der Waals surface area contributed by atoms with Gasteiger partial charge in [0.1, 0.15) is 12.4 Å². The predicted molar refractivity (Wildman–Crippen MR) is 105 cm³/mol. The highest BCUT2D eigenvalue weighted by Gasteiger charge is 2.23. The van der Waals surface area contributed by atoms with E-state index in [0.717, 1.165) is 43.8 Å². The monoisotopic (exact) mass is 372 g/mol. The minimum Gasteiger partial charge on any atom is -0.491 e. The van der Waals surface area contributed by atoms with Crippen LogP contribution in [0, 0.1) is 0 Å². The fourth-order valence-electron chi connectivity index (χ4n) is 3.32. The van der Waals surface area contributed by atoms with Gasteiger partial charge in [-0.25, -0.2) is 4.98 Å². The van der Waals surface area contributed by atoms with E-state index in [0.29, 0.717) is 25.1 Å². The van der Waals surface area contributed by atoms with Crippen LogP contribution in [0.4, 0.5) is 5.82 Å². The summed E-state index contributed by atoms with van der Waals surface area (Å²) >= 11 is 0. The molecule has 0 spiro atoms. The van der Waals surface area contributed by atoms with E-state index >= 15 is 0 Å². The number of nitrogens with one attached hydrogen (secondary N) is 1. The molecule has 3 rings (SSSR count). The lowest BCUT2D eigenvalue weighted by molar-refractivity contribution is 0.145. The van der Waals surface area contributed by atoms with Gasteiger partial charge < -0.3 is 24.3 Å². The van der Waals surface area contributed by atoms with E-state index in [-0.39, 0.29) is 5.56 Å². The summed E-state index contributed by atoms with van der Waals surface area (Å²) in [7, 11) is 3.42. The first kappa shape index (κ1) is 19.4. The SMILES string of the molecule is COCCOc1ccccc1CN[C@@H]1CCCN(c2nccn(C)c2=O)C1. The number of aromatic nitrogens is 2. The van der Waals surface area contributed by atoms with Crippen molar-refractivity contribution >= 4 is 5.82 Å². The van der Waals surface area contributed by atoms with Crippen molar-refractivity contribution < 1.29 is 9.47 Å². The van der Waals surface area contributed by atoms with E-state index in [1.807, 2.05) is 18.2 Å². The van der Waals surface area contributed by atoms with E-state index in [4.69, 9.17) is 9.47 Å². The number of ether oxygens (including phenoxy) is 2. The van der Waals surface area contributed by atoms with Gasteiger partial charge in [-0.1, -0.05) is 18.2 Å². The molecule has 2 aromatic rings. The van der Waals surface area contributed by atoms with Crippen LogP contribution in [0.2, 0.25) is 0 Å². The van der Waals surface area contributed by atoms with Crippen molar-refractivity contribution in [3.05, 3.63) is 52.6 Å². The molecule has 0 bridgehead atoms. The Morgan fingerprint density at radius 2 is 2.15 bits per heavy atom. The number of hydrogen-bond acceptors (Lipinski definition) is 6. The first-order chi connectivity index (χ1) is 13.2. The molecule has 1 atom stereocenters. The molecular weight excluding hydrogens is 344 g/mol. The fraction of sp³-hybridized carbons (Fsp3) is 0.500. The van der Waals surface area contributed by atoms with Crippen LogP contribution in [0.5, 0.6) is 5.75 Å². The van der Waals surface area contributed by atoms with Gasteiger partial charge in [0, 0.05) is 57.8 Å². The predicted octanol–water partition coefficient (Wildman–Crippen LogP) is 1.56. The summed E-state index contributed by atoms with van der Waals surface area (Å²) in [5.74, 6) is 1.42. The molecule has 0 radical (unpaired) electrons. The zero-order valence-corrected chi connectivity index (χ0v) is 16.1. The average molecular weight is 372 g/mol. The Balaban J connectivity index is 1.60. The normalized spacial score (nSPS) is 17.1. The molecule has 0 amide bonds. The molecule has 27 heavy (non-hydrogen) atoms. The van der Waals surface area contributed by atoms with Crippen molar-refractivity contribution in [2.75, 3.05) is 38.3 Å². The Labute approximate surface area is 159 Å². The number of methoxy groups -OCH3 is 1. The standard InChI is InChI=1S/C20H28N4O3/c1-23-11-9-21-19(20(23)25)24-10-5-7-17(15-24)22-14-16-6-3-4-8-18(16)27-13-12-26-2/h3-4,6,8-9,11,17,22H,5,7,10,12-15H2,1-2H3/t17-/m1/s1. The number of nitrogens with zero attached hydrogens (tertiary/aromatic N) is 3. The molecule has 1 saturated heterocycles. The van der Waals surface area contributed by atoms with Crippen LogP contribution >= 0.6 is 0 Å². The van der Waals surface area contributed by atoms with E-state index < -0.39 is 0 Å². The summed E-state index contributed by atoms with van der Waals surface area (Å²) in [6.45, 7) is 3.47. The maximum absolute atomic E-state index is 12.3. The van der Waals surface area contributed by atoms with Crippen molar-refractivity contribution in [2.45, 2.75) is 25.4 Å². The number of aryl methyl sites for hydroxylation is 1. The molecule has 1 aromatic carbocycles. The van der Waals surface area contributed by atoms with Gasteiger partial charge in [0.15, 0.2) is 5.82 Å². The first-order valence-electron chi connectivity index (χ1n) is 9.38. The maximum Gasteiger partial charge on any atom is 0.293 e. The Morgan fingerprint density at radius 1 is 1.30 bits per heavy atom. The molecule has 7 heteroatoms. The minimum atomic E-state index is -0.0463. The van der Waals surface area contributed by atoms with Crippen molar-refractivity contribution in [1.29, 1.82) is 0 Å². The summed E-state index contributed by atoms with van der Waals surface area (Å²) in [5.41, 5.74) is 1.08. The number of benzene rings is 1. The van der Waals surface area contributed by atoms with Crippen LogP contribution in [0.25, 0.3) is 0 Å². The number of piperidine rings is 1. The maximum atomic E-state index is 12.3. The second kappa shape index (κ2) is 9.53. The first-order valence-corrected chi connectivity index (χ1v) is 9.38. The van der Waals surface area contributed by atoms with Crippen LogP contribution < -0.4 is 20.5 Å². The topological polar surface area (TPSA) is 68.6 Å². The van der Waals surface area contributed by atoms with Crippen LogP contribution in [0.3, 0.4) is 0 Å². The zero-order chi connectivity index (χ0) is 19.1. The average Bonchev–Trinajstić information content (AvgIpc) is 2.70. The molecule has 1 fully saturated rings. The molecular formula is C20H28N4O3. The smallest absolute Gasteiger partial charge is 0.293 e. The Morgan fingerprint density at radius 3 is 3.00 bits per heavy atom. The highest BCUT2D eigenvalue weighted by molar-refractivity contribution is 5.37. The Hall–Kier alpha value is -2.38. The van der Waals surface area contributed by atoms with Crippen LogP contribution in [-0.2, 0) is 18.3 Å². The van der Waals surface area contributed by atoms with Crippen molar-refractivity contribution in [1.82, 2.24) is 14.9 Å². The van der Waals surface area contributed by atoms with Crippen LogP contribution in [0.1, 0.15) is 18.4 Å². The molecule has 7 nitrogen and oxygen atoms in total. The summed E-state index contributed by atoms with van der Waals surface area (Å²) < 4.78 is 12.4. The van der Waals surface area contributed by atoms with Crippen LogP contribution in [0.15, 0.2) is 41.5 Å². The van der Waals surface area contributed by atoms with Gasteiger partial charge in [-0.05, 0) is 18.9 Å². The summed E-state index contributed by atoms with van der Waals surface area (Å²) in [6, 6.07) is 8.36. The minimum absolute atomic E-state index is 0.0463. The highest BCUT2D eigenvalue weighted by atomic mass is 16.5. The summed E-state index contributed by atoms with van der Waals surface area (Å²) in [6.07, 6.45) is 5.48. The third kappa shape index (κ3) is 5.08. The van der Waals surface area contributed by atoms with E-state index in [2.05, 4.69) is 21.3 Å². The quantitative estimate of drug-likeness (QED) is 0.710. The van der Waals surface area contributed by atoms with Gasteiger partial charge >= 0.3 is 0 Å². The summed E-state index contributed by atoms with van der Waals surface area (Å²) in [5, 5.41) is 3.61. The number of hydrogen-bond donors (Lipinski definition) is 1. The van der Waals surface area contributed by atoms with E-state index in [9.17, 15) is 4.79 Å². The fourth-order valence-corrected chi connectivity index (χ4v) is 3.32. The van der Waals surface area contributed by atoms with E-state index in [1.54, 1.807) is 31.1 Å². The van der Waals surface area contributed by atoms with Crippen molar-refractivity contribution in [3.8, 4) is 5.75 Å². The molecule has 0 unspecified atom stereocenters. The van der Waals surface area contributed by atoms with Gasteiger partial charge in [-0.15, -0.1) is 0 Å². The lowest BCUT2D eigenvalue weighted by atomic mass is 10.1. The van der Waals surface area contributed by atoms with Gasteiger partial charge in [-0.3, -0.25) is 4.79 Å². The molecule has 146 valence electrons. The zero-order valence-electron chi connectivity index (χ0n) is 16.1.